The standard InChI is InChI=1S/C24H25N3O4/c1-15-7-8-19-17(13-15)18(14-26-19)21-20(22(29)16-5-3-2-4-6-16)23(30)24(31)27(21)11-9-25-10-12-28/h2-8,13-14,21,25-26,28-29H,9-12H2,1H3. The average molecular weight is 419 g/mol. The van der Waals surface area contributed by atoms with Crippen LogP contribution in [0.4, 0.5) is 0 Å². The summed E-state index contributed by atoms with van der Waals surface area (Å²) in [5, 5.41) is 24.0. The van der Waals surface area contributed by atoms with Crippen molar-refractivity contribution in [3.05, 3.63) is 77.0 Å². The second-order valence-corrected chi connectivity index (χ2v) is 7.63. The van der Waals surface area contributed by atoms with E-state index in [1.807, 2.05) is 31.2 Å². The number of aromatic amines is 1. The number of nitrogens with zero attached hydrogens (tertiary/aromatic N) is 1. The molecule has 1 fully saturated rings. The molecule has 0 saturated carbocycles. The number of fused-ring (bicyclic) bond motifs is 1. The number of Topliss-reactive ketones (excluding diaryl/α,β-unsaturated/α-hetero) is 1. The first kappa shape index (κ1) is 20.8. The van der Waals surface area contributed by atoms with Crippen molar-refractivity contribution in [2.75, 3.05) is 26.2 Å². The van der Waals surface area contributed by atoms with Crippen LogP contribution in [0.2, 0.25) is 0 Å². The number of likely N-dealkylation sites (tertiary alicyclic amines) is 1. The number of aryl methyl sites for hydroxylation is 1. The number of benzene rings is 2. The summed E-state index contributed by atoms with van der Waals surface area (Å²) in [5.41, 5.74) is 3.28. The van der Waals surface area contributed by atoms with Crippen LogP contribution >= 0.6 is 0 Å². The van der Waals surface area contributed by atoms with Gasteiger partial charge in [-0.1, -0.05) is 42.0 Å². The lowest BCUT2D eigenvalue weighted by molar-refractivity contribution is -0.139. The van der Waals surface area contributed by atoms with Crippen LogP contribution in [0, 0.1) is 6.92 Å². The minimum atomic E-state index is -0.716. The highest BCUT2D eigenvalue weighted by molar-refractivity contribution is 6.46. The fraction of sp³-hybridized carbons (Fsp3) is 0.250. The van der Waals surface area contributed by atoms with Crippen LogP contribution in [0.1, 0.15) is 22.7 Å². The number of aliphatic hydroxyl groups excluding tert-OH is 2. The number of H-pyrrole nitrogens is 1. The summed E-state index contributed by atoms with van der Waals surface area (Å²) in [7, 11) is 0. The first-order valence-electron chi connectivity index (χ1n) is 10.3. The summed E-state index contributed by atoms with van der Waals surface area (Å²) in [6, 6.07) is 14.0. The summed E-state index contributed by atoms with van der Waals surface area (Å²) in [6.07, 6.45) is 1.80. The van der Waals surface area contributed by atoms with E-state index in [4.69, 9.17) is 5.11 Å². The van der Waals surface area contributed by atoms with Crippen LogP contribution < -0.4 is 5.32 Å². The number of aliphatic hydroxyl groups is 2. The van der Waals surface area contributed by atoms with Crippen LogP contribution in [0.3, 0.4) is 0 Å². The summed E-state index contributed by atoms with van der Waals surface area (Å²) in [5.74, 6) is -1.53. The summed E-state index contributed by atoms with van der Waals surface area (Å²) in [4.78, 5) is 30.7. The lowest BCUT2D eigenvalue weighted by Crippen LogP contribution is -2.36. The van der Waals surface area contributed by atoms with Gasteiger partial charge >= 0.3 is 0 Å². The second-order valence-electron chi connectivity index (χ2n) is 7.63. The number of amides is 1. The lowest BCUT2D eigenvalue weighted by Gasteiger charge is -2.25. The molecule has 2 aromatic carbocycles. The Morgan fingerprint density at radius 1 is 1.13 bits per heavy atom. The predicted molar refractivity (Wildman–Crippen MR) is 118 cm³/mol. The van der Waals surface area contributed by atoms with E-state index in [1.165, 1.54) is 4.90 Å². The molecular formula is C24H25N3O4. The third-order valence-corrected chi connectivity index (χ3v) is 5.57. The van der Waals surface area contributed by atoms with Gasteiger partial charge in [0.15, 0.2) is 0 Å². The Morgan fingerprint density at radius 3 is 2.65 bits per heavy atom. The van der Waals surface area contributed by atoms with Crippen LogP contribution in [-0.2, 0) is 9.59 Å². The van der Waals surface area contributed by atoms with Crippen LogP contribution in [0.25, 0.3) is 16.7 Å². The predicted octanol–water partition coefficient (Wildman–Crippen LogP) is 2.48. The molecule has 1 amide bonds. The van der Waals surface area contributed by atoms with Gasteiger partial charge in [-0.2, -0.15) is 0 Å². The highest BCUT2D eigenvalue weighted by atomic mass is 16.3. The van der Waals surface area contributed by atoms with Crippen molar-refractivity contribution in [2.24, 2.45) is 0 Å². The van der Waals surface area contributed by atoms with Crippen molar-refractivity contribution in [3.8, 4) is 0 Å². The van der Waals surface area contributed by atoms with Gasteiger partial charge in [0.2, 0.25) is 0 Å². The molecular weight excluding hydrogens is 394 g/mol. The zero-order chi connectivity index (χ0) is 22.0. The third-order valence-electron chi connectivity index (χ3n) is 5.57. The Balaban J connectivity index is 1.85. The minimum absolute atomic E-state index is 0.0159. The van der Waals surface area contributed by atoms with E-state index in [9.17, 15) is 14.7 Å². The van der Waals surface area contributed by atoms with Crippen molar-refractivity contribution in [1.82, 2.24) is 15.2 Å². The number of aromatic nitrogens is 1. The molecule has 1 aromatic heterocycles. The van der Waals surface area contributed by atoms with Gasteiger partial charge in [0.25, 0.3) is 11.7 Å². The van der Waals surface area contributed by atoms with Crippen molar-refractivity contribution < 1.29 is 19.8 Å². The zero-order valence-corrected chi connectivity index (χ0v) is 17.3. The fourth-order valence-corrected chi connectivity index (χ4v) is 4.07. The van der Waals surface area contributed by atoms with E-state index in [1.54, 1.807) is 30.5 Å². The number of carbonyl (C=O) groups is 2. The molecule has 3 aromatic rings. The number of nitrogens with one attached hydrogen (secondary N) is 2. The third kappa shape index (κ3) is 3.85. The number of carbonyl (C=O) groups excluding carboxylic acids is 2. The smallest absolute Gasteiger partial charge is 0.295 e. The van der Waals surface area contributed by atoms with E-state index in [2.05, 4.69) is 10.3 Å². The number of ketones is 1. The number of hydrogen-bond donors (Lipinski definition) is 4. The highest BCUT2D eigenvalue weighted by Gasteiger charge is 2.46. The molecule has 4 rings (SSSR count). The van der Waals surface area contributed by atoms with E-state index in [0.29, 0.717) is 18.7 Å². The molecule has 4 N–H and O–H groups in total. The molecule has 1 aliphatic rings. The van der Waals surface area contributed by atoms with Crippen LogP contribution in [0.15, 0.2) is 60.3 Å². The Bertz CT molecular complexity index is 1150. The van der Waals surface area contributed by atoms with Gasteiger partial charge < -0.3 is 25.4 Å². The Labute approximate surface area is 180 Å². The van der Waals surface area contributed by atoms with Crippen molar-refractivity contribution in [2.45, 2.75) is 13.0 Å². The summed E-state index contributed by atoms with van der Waals surface area (Å²) >= 11 is 0. The Hall–Kier alpha value is -3.42. The largest absolute Gasteiger partial charge is 0.507 e. The molecule has 0 spiro atoms. The maximum absolute atomic E-state index is 13.0. The van der Waals surface area contributed by atoms with Crippen molar-refractivity contribution in [3.63, 3.8) is 0 Å². The van der Waals surface area contributed by atoms with Gasteiger partial charge in [0.1, 0.15) is 5.76 Å². The van der Waals surface area contributed by atoms with E-state index < -0.39 is 17.7 Å². The second kappa shape index (κ2) is 8.75. The van der Waals surface area contributed by atoms with E-state index in [-0.39, 0.29) is 24.5 Å². The number of rotatable bonds is 7. The lowest BCUT2D eigenvalue weighted by atomic mass is 9.94. The average Bonchev–Trinajstić information content (AvgIpc) is 3.30. The quantitative estimate of drug-likeness (QED) is 0.204. The van der Waals surface area contributed by atoms with Crippen LogP contribution in [-0.4, -0.2) is 58.0 Å². The molecule has 0 radical (unpaired) electrons. The molecule has 1 atom stereocenters. The van der Waals surface area contributed by atoms with Gasteiger partial charge in [-0.15, -0.1) is 0 Å². The molecule has 1 saturated heterocycles. The topological polar surface area (TPSA) is 106 Å². The Morgan fingerprint density at radius 2 is 1.90 bits per heavy atom. The molecule has 1 unspecified atom stereocenters. The van der Waals surface area contributed by atoms with Gasteiger partial charge in [-0.3, -0.25) is 9.59 Å². The first-order valence-corrected chi connectivity index (χ1v) is 10.3. The monoisotopic (exact) mass is 419 g/mol. The maximum Gasteiger partial charge on any atom is 0.295 e. The molecule has 7 nitrogen and oxygen atoms in total. The summed E-state index contributed by atoms with van der Waals surface area (Å²) < 4.78 is 0. The normalized spacial score (nSPS) is 18.3. The first-order chi connectivity index (χ1) is 15.0. The summed E-state index contributed by atoms with van der Waals surface area (Å²) in [6.45, 7) is 3.04. The van der Waals surface area contributed by atoms with Gasteiger partial charge in [-0.25, -0.2) is 0 Å². The van der Waals surface area contributed by atoms with Gasteiger partial charge in [0.05, 0.1) is 18.2 Å². The molecule has 2 heterocycles. The molecule has 0 bridgehead atoms. The van der Waals surface area contributed by atoms with Gasteiger partial charge in [-0.05, 0) is 19.1 Å². The van der Waals surface area contributed by atoms with Crippen molar-refractivity contribution >= 4 is 28.4 Å². The Kier molecular flexibility index (Phi) is 5.88. The maximum atomic E-state index is 13.0. The van der Waals surface area contributed by atoms with E-state index >= 15 is 0 Å². The molecule has 31 heavy (non-hydrogen) atoms. The van der Waals surface area contributed by atoms with Crippen molar-refractivity contribution in [1.29, 1.82) is 0 Å². The SMILES string of the molecule is Cc1ccc2[nH]cc(C3C(=C(O)c4ccccc4)C(=O)C(=O)N3CCNCCO)c2c1. The highest BCUT2D eigenvalue weighted by Crippen LogP contribution is 2.41. The zero-order valence-electron chi connectivity index (χ0n) is 17.3. The number of hydrogen-bond acceptors (Lipinski definition) is 5. The van der Waals surface area contributed by atoms with E-state index in [0.717, 1.165) is 22.0 Å². The van der Waals surface area contributed by atoms with Crippen LogP contribution in [0.5, 0.6) is 0 Å². The molecule has 0 aliphatic carbocycles. The van der Waals surface area contributed by atoms with Gasteiger partial charge in [0, 0.05) is 47.9 Å². The molecule has 7 heteroatoms. The fourth-order valence-electron chi connectivity index (χ4n) is 4.07. The minimum Gasteiger partial charge on any atom is -0.507 e. The molecule has 1 aliphatic heterocycles. The molecule has 160 valence electrons.